The molecular formula is C12H19BrO5. The van der Waals surface area contributed by atoms with Gasteiger partial charge < -0.3 is 14.2 Å². The molecule has 0 aromatic carbocycles. The van der Waals surface area contributed by atoms with Gasteiger partial charge in [-0.15, -0.1) is 0 Å². The second-order valence-electron chi connectivity index (χ2n) is 4.62. The number of carbonyl (C=O) groups is 2. The topological polar surface area (TPSA) is 61.8 Å². The highest BCUT2D eigenvalue weighted by molar-refractivity contribution is 9.09. The summed E-state index contributed by atoms with van der Waals surface area (Å²) in [6.07, 6.45) is -0.834. The van der Waals surface area contributed by atoms with Crippen LogP contribution in [0.1, 0.15) is 27.7 Å². The minimum absolute atomic E-state index is 0.0897. The third-order valence-electron chi connectivity index (χ3n) is 3.19. The van der Waals surface area contributed by atoms with Crippen LogP contribution in [0.25, 0.3) is 0 Å². The number of halogens is 1. The Kier molecular flexibility index (Phi) is 5.59. The van der Waals surface area contributed by atoms with E-state index in [1.807, 2.05) is 13.8 Å². The van der Waals surface area contributed by atoms with Gasteiger partial charge in [0, 0.05) is 19.8 Å². The Morgan fingerprint density at radius 1 is 1.17 bits per heavy atom. The van der Waals surface area contributed by atoms with Crippen LogP contribution in [0.5, 0.6) is 0 Å². The van der Waals surface area contributed by atoms with Crippen molar-refractivity contribution in [2.45, 2.75) is 44.9 Å². The molecule has 18 heavy (non-hydrogen) atoms. The fourth-order valence-corrected chi connectivity index (χ4v) is 2.71. The summed E-state index contributed by atoms with van der Waals surface area (Å²) in [5.41, 5.74) is 0. The van der Waals surface area contributed by atoms with Crippen molar-refractivity contribution in [2.75, 3.05) is 6.61 Å². The Hall–Kier alpha value is -0.620. The van der Waals surface area contributed by atoms with Crippen molar-refractivity contribution in [1.29, 1.82) is 0 Å². The Morgan fingerprint density at radius 3 is 2.28 bits per heavy atom. The summed E-state index contributed by atoms with van der Waals surface area (Å²) in [5, 5.41) is -0.139. The average molecular weight is 323 g/mol. The van der Waals surface area contributed by atoms with Gasteiger partial charge in [-0.2, -0.15) is 0 Å². The minimum Gasteiger partial charge on any atom is -0.463 e. The summed E-state index contributed by atoms with van der Waals surface area (Å²) in [6.45, 7) is 6.80. The smallest absolute Gasteiger partial charge is 0.303 e. The van der Waals surface area contributed by atoms with Crippen LogP contribution in [0.4, 0.5) is 0 Å². The second-order valence-corrected chi connectivity index (χ2v) is 5.52. The van der Waals surface area contributed by atoms with E-state index in [0.717, 1.165) is 0 Å². The van der Waals surface area contributed by atoms with Crippen LogP contribution in [0, 0.1) is 11.8 Å². The van der Waals surface area contributed by atoms with E-state index in [2.05, 4.69) is 15.9 Å². The maximum absolute atomic E-state index is 11.1. The molecule has 0 spiro atoms. The van der Waals surface area contributed by atoms with Crippen LogP contribution < -0.4 is 0 Å². The molecule has 0 aliphatic carbocycles. The predicted octanol–water partition coefficient (Wildman–Crippen LogP) is 1.87. The van der Waals surface area contributed by atoms with Crippen LogP contribution in [-0.4, -0.2) is 35.8 Å². The van der Waals surface area contributed by atoms with E-state index in [1.54, 1.807) is 0 Å². The summed E-state index contributed by atoms with van der Waals surface area (Å²) >= 11 is 3.43. The van der Waals surface area contributed by atoms with Crippen molar-refractivity contribution in [1.82, 2.24) is 0 Å². The van der Waals surface area contributed by atoms with Gasteiger partial charge in [0.15, 0.2) is 0 Å². The van der Waals surface area contributed by atoms with Crippen LogP contribution in [0.3, 0.4) is 0 Å². The molecule has 104 valence electrons. The van der Waals surface area contributed by atoms with Gasteiger partial charge in [0.05, 0.1) is 0 Å². The molecule has 1 aliphatic heterocycles. The number of ether oxygens (including phenoxy) is 3. The zero-order valence-electron chi connectivity index (χ0n) is 11.0. The molecule has 0 bridgehead atoms. The molecule has 0 saturated carbocycles. The average Bonchev–Trinajstić information content (AvgIpc) is 2.27. The van der Waals surface area contributed by atoms with E-state index in [0.29, 0.717) is 0 Å². The summed E-state index contributed by atoms with van der Waals surface area (Å²) in [6, 6.07) is 0. The fraction of sp³-hybridized carbons (Fsp3) is 0.833. The molecule has 5 nitrogen and oxygen atoms in total. The van der Waals surface area contributed by atoms with Crippen molar-refractivity contribution >= 4 is 27.9 Å². The maximum Gasteiger partial charge on any atom is 0.303 e. The lowest BCUT2D eigenvalue weighted by Crippen LogP contribution is -2.51. The molecule has 0 aromatic heterocycles. The van der Waals surface area contributed by atoms with Crippen molar-refractivity contribution in [2.24, 2.45) is 11.8 Å². The van der Waals surface area contributed by atoms with E-state index >= 15 is 0 Å². The number of carbonyl (C=O) groups excluding carboxylic acids is 2. The maximum atomic E-state index is 11.1. The molecule has 1 fully saturated rings. The fourth-order valence-electron chi connectivity index (χ4n) is 1.95. The highest BCUT2D eigenvalue weighted by Gasteiger charge is 2.42. The first-order chi connectivity index (χ1) is 8.32. The molecule has 1 aliphatic rings. The van der Waals surface area contributed by atoms with Gasteiger partial charge in [0.25, 0.3) is 0 Å². The first-order valence-corrected chi connectivity index (χ1v) is 6.84. The van der Waals surface area contributed by atoms with E-state index in [-0.39, 0.29) is 35.4 Å². The molecule has 1 rings (SSSR count). The van der Waals surface area contributed by atoms with E-state index in [4.69, 9.17) is 14.2 Å². The zero-order valence-corrected chi connectivity index (χ0v) is 12.6. The number of rotatable bonds is 3. The number of hydrogen-bond acceptors (Lipinski definition) is 5. The van der Waals surface area contributed by atoms with Gasteiger partial charge >= 0.3 is 11.9 Å². The Bertz CT molecular complexity index is 320. The normalized spacial score (nSPS) is 35.9. The van der Waals surface area contributed by atoms with E-state index in [9.17, 15) is 9.59 Å². The van der Waals surface area contributed by atoms with E-state index < -0.39 is 12.2 Å². The van der Waals surface area contributed by atoms with Gasteiger partial charge in [-0.05, 0) is 5.92 Å². The van der Waals surface area contributed by atoms with Crippen molar-refractivity contribution in [3.8, 4) is 0 Å². The highest BCUT2D eigenvalue weighted by Crippen LogP contribution is 2.35. The summed E-state index contributed by atoms with van der Waals surface area (Å²) < 4.78 is 15.9. The molecule has 1 saturated heterocycles. The summed E-state index contributed by atoms with van der Waals surface area (Å²) in [7, 11) is 0. The van der Waals surface area contributed by atoms with E-state index in [1.165, 1.54) is 13.8 Å². The molecule has 6 heteroatoms. The lowest BCUT2D eigenvalue weighted by molar-refractivity contribution is -0.190. The lowest BCUT2D eigenvalue weighted by atomic mass is 9.86. The molecule has 2 unspecified atom stereocenters. The van der Waals surface area contributed by atoms with Crippen LogP contribution >= 0.6 is 15.9 Å². The SMILES string of the molecule is CC(=O)OCC1O[C@H](Br)C(C)[C@@H](C)[C@H]1OC(C)=O. The Balaban J connectivity index is 2.75. The Labute approximate surface area is 115 Å². The summed E-state index contributed by atoms with van der Waals surface area (Å²) in [4.78, 5) is 22.0. The second kappa shape index (κ2) is 6.52. The van der Waals surface area contributed by atoms with Gasteiger partial charge in [0.1, 0.15) is 23.8 Å². The molecule has 0 radical (unpaired) electrons. The highest BCUT2D eigenvalue weighted by atomic mass is 79.9. The van der Waals surface area contributed by atoms with Crippen LogP contribution in [0.15, 0.2) is 0 Å². The molecule has 1 heterocycles. The molecule has 0 N–H and O–H groups in total. The molecule has 5 atom stereocenters. The molecular weight excluding hydrogens is 304 g/mol. The minimum atomic E-state index is -0.437. The predicted molar refractivity (Wildman–Crippen MR) is 68.1 cm³/mol. The first-order valence-electron chi connectivity index (χ1n) is 5.93. The zero-order chi connectivity index (χ0) is 13.9. The van der Waals surface area contributed by atoms with Crippen LogP contribution in [-0.2, 0) is 23.8 Å². The van der Waals surface area contributed by atoms with Gasteiger partial charge in [-0.1, -0.05) is 29.8 Å². The molecule has 0 aromatic rings. The van der Waals surface area contributed by atoms with Crippen molar-refractivity contribution < 1.29 is 23.8 Å². The largest absolute Gasteiger partial charge is 0.463 e. The third kappa shape index (κ3) is 3.95. The van der Waals surface area contributed by atoms with Gasteiger partial charge in [-0.25, -0.2) is 0 Å². The Morgan fingerprint density at radius 2 is 1.78 bits per heavy atom. The molecule has 0 amide bonds. The lowest BCUT2D eigenvalue weighted by Gasteiger charge is -2.41. The number of esters is 2. The quantitative estimate of drug-likeness (QED) is 0.586. The number of hydrogen-bond donors (Lipinski definition) is 0. The van der Waals surface area contributed by atoms with Crippen LogP contribution in [0.2, 0.25) is 0 Å². The standard InChI is InChI=1S/C12H19BrO5/c1-6-7(2)12(13)18-10(5-16-8(3)14)11(6)17-9(4)15/h6-7,10-12H,5H2,1-4H3/t6-,7?,10?,11-,12+/m1/s1. The number of alkyl halides is 1. The monoisotopic (exact) mass is 322 g/mol. The van der Waals surface area contributed by atoms with Gasteiger partial charge in [-0.3, -0.25) is 9.59 Å². The first kappa shape index (κ1) is 15.4. The third-order valence-corrected chi connectivity index (χ3v) is 4.23. The van der Waals surface area contributed by atoms with Crippen molar-refractivity contribution in [3.05, 3.63) is 0 Å². The van der Waals surface area contributed by atoms with Gasteiger partial charge in [0.2, 0.25) is 0 Å². The van der Waals surface area contributed by atoms with Crippen molar-refractivity contribution in [3.63, 3.8) is 0 Å². The summed E-state index contributed by atoms with van der Waals surface area (Å²) in [5.74, 6) is -0.420.